The quantitative estimate of drug-likeness (QED) is 0.649. The topological polar surface area (TPSA) is 107 Å². The molecule has 1 heterocycles. The van der Waals surface area contributed by atoms with Gasteiger partial charge >= 0.3 is 12.1 Å². The summed E-state index contributed by atoms with van der Waals surface area (Å²) in [5.41, 5.74) is 1.00. The highest BCUT2D eigenvalue weighted by Crippen LogP contribution is 2.26. The van der Waals surface area contributed by atoms with Crippen molar-refractivity contribution in [3.63, 3.8) is 0 Å². The van der Waals surface area contributed by atoms with Crippen molar-refractivity contribution in [2.24, 2.45) is 0 Å². The van der Waals surface area contributed by atoms with Crippen LogP contribution in [0.4, 0.5) is 15.5 Å². The molecule has 1 aromatic carbocycles. The third-order valence-corrected chi connectivity index (χ3v) is 5.13. The Hall–Kier alpha value is -2.68. The van der Waals surface area contributed by atoms with E-state index in [1.165, 1.54) is 0 Å². The average molecular weight is 448 g/mol. The lowest BCUT2D eigenvalue weighted by Crippen LogP contribution is -2.50. The number of halogens is 1. The van der Waals surface area contributed by atoms with Gasteiger partial charge in [0.25, 0.3) is 0 Å². The zero-order valence-electron chi connectivity index (χ0n) is 15.2. The number of nitrogens with zero attached hydrogens (tertiary/aromatic N) is 3. The Balaban J connectivity index is 1.71. The number of amides is 3. The van der Waals surface area contributed by atoms with Crippen molar-refractivity contribution >= 4 is 34.0 Å². The van der Waals surface area contributed by atoms with Gasteiger partial charge in [0, 0.05) is 31.0 Å². The lowest BCUT2D eigenvalue weighted by Gasteiger charge is -2.35. The second-order valence-corrected chi connectivity index (χ2v) is 7.59. The molecule has 0 unspecified atom stereocenters. The second kappa shape index (κ2) is 9.50. The Kier molecular flexibility index (Phi) is 6.80. The van der Waals surface area contributed by atoms with Gasteiger partial charge in [-0.2, -0.15) is 0 Å². The molecule has 1 aliphatic carbocycles. The molecule has 28 heavy (non-hydrogen) atoms. The van der Waals surface area contributed by atoms with E-state index in [2.05, 4.69) is 36.5 Å². The van der Waals surface area contributed by atoms with Gasteiger partial charge in [-0.1, -0.05) is 30.3 Å². The van der Waals surface area contributed by atoms with E-state index >= 15 is 0 Å². The first-order valence-electron chi connectivity index (χ1n) is 9.11. The van der Waals surface area contributed by atoms with Crippen molar-refractivity contribution in [3.8, 4) is 0 Å². The zero-order chi connectivity index (χ0) is 19.9. The molecule has 8 nitrogen and oxygen atoms in total. The Morgan fingerprint density at radius 3 is 2.36 bits per heavy atom. The van der Waals surface area contributed by atoms with Crippen LogP contribution in [0.2, 0.25) is 0 Å². The number of nitrogens with one attached hydrogen (secondary N) is 2. The second-order valence-electron chi connectivity index (χ2n) is 6.67. The van der Waals surface area contributed by atoms with Crippen LogP contribution in [0.5, 0.6) is 0 Å². The largest absolute Gasteiger partial charge is 0.465 e. The number of rotatable bonds is 5. The number of hydrogen-bond acceptors (Lipinski definition) is 4. The highest BCUT2D eigenvalue weighted by atomic mass is 79.9. The van der Waals surface area contributed by atoms with Crippen molar-refractivity contribution in [1.29, 1.82) is 0 Å². The molecule has 3 rings (SSSR count). The minimum atomic E-state index is -1.02. The summed E-state index contributed by atoms with van der Waals surface area (Å²) >= 11 is 3.31. The van der Waals surface area contributed by atoms with Crippen molar-refractivity contribution in [3.05, 3.63) is 52.8 Å². The fraction of sp³-hybridized carbons (Fsp3) is 0.368. The number of urea groups is 1. The third kappa shape index (κ3) is 5.41. The van der Waals surface area contributed by atoms with Crippen molar-refractivity contribution in [2.75, 3.05) is 4.90 Å². The van der Waals surface area contributed by atoms with Crippen LogP contribution < -0.4 is 15.5 Å². The Labute approximate surface area is 171 Å². The Morgan fingerprint density at radius 2 is 1.75 bits per heavy atom. The molecule has 1 aromatic heterocycles. The van der Waals surface area contributed by atoms with Crippen LogP contribution in [0.15, 0.2) is 47.2 Å². The van der Waals surface area contributed by atoms with Crippen LogP contribution in [0, 0.1) is 0 Å². The molecular formula is C19H22BrN5O3. The van der Waals surface area contributed by atoms with E-state index in [9.17, 15) is 9.59 Å². The number of aromatic nitrogens is 2. The molecular weight excluding hydrogens is 426 g/mol. The summed E-state index contributed by atoms with van der Waals surface area (Å²) in [6.45, 7) is 0.405. The van der Waals surface area contributed by atoms with E-state index in [1.807, 2.05) is 30.3 Å². The zero-order valence-corrected chi connectivity index (χ0v) is 16.8. The van der Waals surface area contributed by atoms with Crippen LogP contribution in [-0.2, 0) is 6.54 Å². The third-order valence-electron chi connectivity index (χ3n) is 4.72. The first-order chi connectivity index (χ1) is 13.5. The molecule has 0 radical (unpaired) electrons. The molecule has 0 aliphatic heterocycles. The number of benzene rings is 1. The molecule has 1 fully saturated rings. The highest BCUT2D eigenvalue weighted by molar-refractivity contribution is 9.10. The maximum absolute atomic E-state index is 13.0. The summed E-state index contributed by atoms with van der Waals surface area (Å²) in [4.78, 5) is 34.0. The first kappa shape index (κ1) is 20.1. The van der Waals surface area contributed by atoms with Crippen LogP contribution >= 0.6 is 15.9 Å². The maximum atomic E-state index is 13.0. The summed E-state index contributed by atoms with van der Waals surface area (Å²) in [6, 6.07) is 9.23. The fourth-order valence-electron chi connectivity index (χ4n) is 3.36. The van der Waals surface area contributed by atoms with E-state index in [1.54, 1.807) is 17.3 Å². The number of carboxylic acid groups (broad SMARTS) is 1. The van der Waals surface area contributed by atoms with Gasteiger partial charge in [0.2, 0.25) is 5.95 Å². The fourth-order valence-corrected chi connectivity index (χ4v) is 3.57. The predicted molar refractivity (Wildman–Crippen MR) is 108 cm³/mol. The number of hydrogen-bond donors (Lipinski definition) is 3. The number of carbonyl (C=O) groups is 2. The average Bonchev–Trinajstić information content (AvgIpc) is 2.70. The van der Waals surface area contributed by atoms with Crippen LogP contribution in [-0.4, -0.2) is 39.3 Å². The normalized spacial score (nSPS) is 18.9. The summed E-state index contributed by atoms with van der Waals surface area (Å²) in [5, 5.41) is 14.4. The van der Waals surface area contributed by atoms with Crippen molar-refractivity contribution in [2.45, 2.75) is 44.3 Å². The lowest BCUT2D eigenvalue weighted by atomic mass is 9.90. The monoisotopic (exact) mass is 447 g/mol. The number of anilines is 1. The predicted octanol–water partition coefficient (Wildman–Crippen LogP) is 3.53. The van der Waals surface area contributed by atoms with Gasteiger partial charge in [0.15, 0.2) is 0 Å². The van der Waals surface area contributed by atoms with Gasteiger partial charge in [0.05, 0.1) is 4.47 Å². The smallest absolute Gasteiger partial charge is 0.404 e. The molecule has 0 spiro atoms. The molecule has 1 aliphatic rings. The van der Waals surface area contributed by atoms with Crippen LogP contribution in [0.3, 0.4) is 0 Å². The van der Waals surface area contributed by atoms with E-state index in [4.69, 9.17) is 5.11 Å². The van der Waals surface area contributed by atoms with Gasteiger partial charge in [-0.05, 0) is 47.2 Å². The molecule has 3 N–H and O–H groups in total. The molecule has 9 heteroatoms. The van der Waals surface area contributed by atoms with Gasteiger partial charge in [0.1, 0.15) is 0 Å². The summed E-state index contributed by atoms with van der Waals surface area (Å²) in [5.74, 6) is 0.336. The van der Waals surface area contributed by atoms with Crippen LogP contribution in [0.1, 0.15) is 31.2 Å². The molecule has 0 atom stereocenters. The molecule has 3 amide bonds. The number of carbonyl (C=O) groups excluding carboxylic acids is 1. The molecule has 0 bridgehead atoms. The molecule has 1 saturated carbocycles. The van der Waals surface area contributed by atoms with E-state index in [0.717, 1.165) is 10.0 Å². The minimum Gasteiger partial charge on any atom is -0.465 e. The van der Waals surface area contributed by atoms with E-state index in [0.29, 0.717) is 38.2 Å². The molecule has 2 aromatic rings. The van der Waals surface area contributed by atoms with Gasteiger partial charge in [-0.25, -0.2) is 19.6 Å². The summed E-state index contributed by atoms with van der Waals surface area (Å²) in [6.07, 6.45) is 4.87. The van der Waals surface area contributed by atoms with E-state index < -0.39 is 6.09 Å². The van der Waals surface area contributed by atoms with Crippen molar-refractivity contribution < 1.29 is 14.7 Å². The standard InChI is InChI=1S/C19H22BrN5O3/c20-14-11-21-17(22-12-14)25(16-8-6-15(7-9-16)24-19(27)28)18(26)23-10-13-4-2-1-3-5-13/h1-5,11-12,15-16,24H,6-10H2,(H,23,26)(H,27,28)/t15-,16-. The van der Waals surface area contributed by atoms with Crippen LogP contribution in [0.25, 0.3) is 0 Å². The highest BCUT2D eigenvalue weighted by Gasteiger charge is 2.32. The maximum Gasteiger partial charge on any atom is 0.404 e. The lowest BCUT2D eigenvalue weighted by molar-refractivity contribution is 0.184. The molecule has 0 saturated heterocycles. The van der Waals surface area contributed by atoms with Gasteiger partial charge in [-0.3, -0.25) is 4.90 Å². The first-order valence-corrected chi connectivity index (χ1v) is 9.90. The summed E-state index contributed by atoms with van der Waals surface area (Å²) in [7, 11) is 0. The molecule has 148 valence electrons. The van der Waals surface area contributed by atoms with E-state index in [-0.39, 0.29) is 18.1 Å². The van der Waals surface area contributed by atoms with Gasteiger partial charge in [-0.15, -0.1) is 0 Å². The minimum absolute atomic E-state index is 0.0891. The summed E-state index contributed by atoms with van der Waals surface area (Å²) < 4.78 is 0.732. The SMILES string of the molecule is O=C(O)N[C@H]1CC[C@H](N(C(=O)NCc2ccccc2)c2ncc(Br)cn2)CC1. The Bertz CT molecular complexity index is 795. The van der Waals surface area contributed by atoms with Gasteiger partial charge < -0.3 is 15.7 Å². The Morgan fingerprint density at radius 1 is 1.11 bits per heavy atom. The van der Waals surface area contributed by atoms with Crippen molar-refractivity contribution in [1.82, 2.24) is 20.6 Å².